The third kappa shape index (κ3) is 4.78. The molecule has 9 heteroatoms. The molecule has 2 aromatic rings. The van der Waals surface area contributed by atoms with Gasteiger partial charge in [0.15, 0.2) is 0 Å². The zero-order valence-corrected chi connectivity index (χ0v) is 16.8. The zero-order valence-electron chi connectivity index (χ0n) is 15.2. The molecule has 0 bridgehead atoms. The van der Waals surface area contributed by atoms with Gasteiger partial charge in [0.25, 0.3) is 11.1 Å². The van der Waals surface area contributed by atoms with E-state index in [0.717, 1.165) is 4.90 Å². The molecule has 0 saturated carbocycles. The van der Waals surface area contributed by atoms with Gasteiger partial charge in [0.05, 0.1) is 17.0 Å². The molecule has 2 amide bonds. The first-order chi connectivity index (χ1) is 13.9. The number of benzene rings is 2. The van der Waals surface area contributed by atoms with Gasteiger partial charge < -0.3 is 9.47 Å². The van der Waals surface area contributed by atoms with E-state index < -0.39 is 29.5 Å². The fourth-order valence-electron chi connectivity index (χ4n) is 2.52. The third-order valence-corrected chi connectivity index (χ3v) is 5.29. The number of thioether (sulfide) groups is 1. The molecule has 0 aromatic heterocycles. The van der Waals surface area contributed by atoms with Crippen molar-refractivity contribution in [2.24, 2.45) is 0 Å². The summed E-state index contributed by atoms with van der Waals surface area (Å²) >= 11 is 6.73. The molecule has 1 aliphatic rings. The molecule has 0 aliphatic carbocycles. The second kappa shape index (κ2) is 9.11. The lowest BCUT2D eigenvalue weighted by atomic mass is 10.1. The van der Waals surface area contributed by atoms with E-state index in [1.165, 1.54) is 25.3 Å². The molecule has 0 spiro atoms. The van der Waals surface area contributed by atoms with Crippen LogP contribution in [-0.2, 0) is 20.9 Å². The monoisotopic (exact) mass is 435 g/mol. The Morgan fingerprint density at radius 3 is 2.69 bits per heavy atom. The Kier molecular flexibility index (Phi) is 6.56. The second-order valence-electron chi connectivity index (χ2n) is 5.87. The molecule has 1 aliphatic heterocycles. The molecule has 0 atom stereocenters. The number of amides is 2. The molecule has 1 fully saturated rings. The van der Waals surface area contributed by atoms with Crippen LogP contribution >= 0.6 is 23.4 Å². The number of carbonyl (C=O) groups excluding carboxylic acids is 3. The fourth-order valence-corrected chi connectivity index (χ4v) is 3.57. The van der Waals surface area contributed by atoms with Crippen LogP contribution in [0.2, 0.25) is 5.02 Å². The Morgan fingerprint density at radius 1 is 1.21 bits per heavy atom. The number of ether oxygens (including phenoxy) is 2. The predicted molar refractivity (Wildman–Crippen MR) is 107 cm³/mol. The number of halogens is 2. The summed E-state index contributed by atoms with van der Waals surface area (Å²) in [6, 6.07) is 11.1. The molecule has 0 unspecified atom stereocenters. The molecule has 1 heterocycles. The molecule has 150 valence electrons. The van der Waals surface area contributed by atoms with E-state index in [1.807, 2.05) is 0 Å². The van der Waals surface area contributed by atoms with Crippen molar-refractivity contribution in [3.8, 4) is 5.75 Å². The Morgan fingerprint density at radius 2 is 1.97 bits per heavy atom. The summed E-state index contributed by atoms with van der Waals surface area (Å²) in [6.45, 7) is -0.567. The lowest BCUT2D eigenvalue weighted by Crippen LogP contribution is -2.34. The third-order valence-electron chi connectivity index (χ3n) is 4.03. The first-order valence-electron chi connectivity index (χ1n) is 8.37. The van der Waals surface area contributed by atoms with Crippen LogP contribution in [0.4, 0.5) is 9.18 Å². The van der Waals surface area contributed by atoms with E-state index in [4.69, 9.17) is 16.3 Å². The van der Waals surface area contributed by atoms with Crippen LogP contribution in [0.3, 0.4) is 0 Å². The van der Waals surface area contributed by atoms with Crippen molar-refractivity contribution in [1.29, 1.82) is 0 Å². The summed E-state index contributed by atoms with van der Waals surface area (Å²) in [5.74, 6) is -1.40. The maximum absolute atomic E-state index is 13.9. The summed E-state index contributed by atoms with van der Waals surface area (Å²) in [6.07, 6.45) is 1.49. The topological polar surface area (TPSA) is 72.9 Å². The van der Waals surface area contributed by atoms with Gasteiger partial charge in [0.1, 0.15) is 24.7 Å². The fraction of sp³-hybridized carbons (Fsp3) is 0.150. The normalized spacial score (nSPS) is 15.1. The van der Waals surface area contributed by atoms with Crippen molar-refractivity contribution in [2.75, 3.05) is 13.7 Å². The van der Waals surface area contributed by atoms with Gasteiger partial charge in [0.2, 0.25) is 0 Å². The van der Waals surface area contributed by atoms with Gasteiger partial charge in [-0.1, -0.05) is 35.9 Å². The van der Waals surface area contributed by atoms with Crippen molar-refractivity contribution in [3.63, 3.8) is 0 Å². The summed E-state index contributed by atoms with van der Waals surface area (Å²) in [5.41, 5.74) is 0.728. The van der Waals surface area contributed by atoms with Crippen LogP contribution in [0.15, 0.2) is 47.4 Å². The minimum atomic E-state index is -0.695. The molecule has 3 rings (SSSR count). The Labute approximate surface area is 175 Å². The number of nitrogens with zero attached hydrogens (tertiary/aromatic N) is 1. The van der Waals surface area contributed by atoms with E-state index in [-0.39, 0.29) is 22.1 Å². The highest BCUT2D eigenvalue weighted by atomic mass is 35.5. The first-order valence-corrected chi connectivity index (χ1v) is 9.57. The number of imide groups is 1. The van der Waals surface area contributed by atoms with Crippen molar-refractivity contribution in [2.45, 2.75) is 6.61 Å². The average molecular weight is 436 g/mol. The quantitative estimate of drug-likeness (QED) is 0.498. The lowest BCUT2D eigenvalue weighted by molar-refractivity contribution is -0.143. The minimum Gasteiger partial charge on any atom is -0.488 e. The summed E-state index contributed by atoms with van der Waals surface area (Å²) in [4.78, 5) is 36.8. The van der Waals surface area contributed by atoms with Gasteiger partial charge in [-0.2, -0.15) is 0 Å². The predicted octanol–water partition coefficient (Wildman–Crippen LogP) is 4.27. The molecule has 2 aromatic carbocycles. The van der Waals surface area contributed by atoms with E-state index in [2.05, 4.69) is 4.74 Å². The average Bonchev–Trinajstić information content (AvgIpc) is 2.96. The highest BCUT2D eigenvalue weighted by molar-refractivity contribution is 8.18. The number of methoxy groups -OCH3 is 1. The van der Waals surface area contributed by atoms with Crippen LogP contribution < -0.4 is 4.74 Å². The molecule has 6 nitrogen and oxygen atoms in total. The van der Waals surface area contributed by atoms with E-state index in [1.54, 1.807) is 30.3 Å². The maximum Gasteiger partial charge on any atom is 0.325 e. The summed E-state index contributed by atoms with van der Waals surface area (Å²) in [5, 5.41) is -0.324. The number of carbonyl (C=O) groups is 3. The number of para-hydroxylation sites is 1. The van der Waals surface area contributed by atoms with E-state index in [9.17, 15) is 18.8 Å². The zero-order chi connectivity index (χ0) is 21.0. The van der Waals surface area contributed by atoms with Crippen LogP contribution in [0, 0.1) is 5.82 Å². The van der Waals surface area contributed by atoms with E-state index >= 15 is 0 Å². The van der Waals surface area contributed by atoms with Crippen molar-refractivity contribution >= 4 is 46.6 Å². The molecular weight excluding hydrogens is 421 g/mol. The number of esters is 1. The SMILES string of the molecule is COC(=O)CN1C(=O)S/C(=C\c2ccccc2OCc2c(F)cccc2Cl)C1=O. The molecule has 0 N–H and O–H groups in total. The van der Waals surface area contributed by atoms with Gasteiger partial charge in [-0.15, -0.1) is 0 Å². The number of hydrogen-bond donors (Lipinski definition) is 0. The van der Waals surface area contributed by atoms with Crippen LogP contribution in [0.25, 0.3) is 6.08 Å². The van der Waals surface area contributed by atoms with Gasteiger partial charge in [-0.05, 0) is 36.0 Å². The Bertz CT molecular complexity index is 990. The smallest absolute Gasteiger partial charge is 0.325 e. The molecule has 29 heavy (non-hydrogen) atoms. The maximum atomic E-state index is 13.9. The van der Waals surface area contributed by atoms with Crippen molar-refractivity contribution < 1.29 is 28.2 Å². The van der Waals surface area contributed by atoms with Crippen LogP contribution in [0.5, 0.6) is 5.75 Å². The highest BCUT2D eigenvalue weighted by Gasteiger charge is 2.36. The van der Waals surface area contributed by atoms with Gasteiger partial charge in [-0.25, -0.2) is 4.39 Å². The lowest BCUT2D eigenvalue weighted by Gasteiger charge is -2.11. The highest BCUT2D eigenvalue weighted by Crippen LogP contribution is 2.34. The Balaban J connectivity index is 1.81. The van der Waals surface area contributed by atoms with Crippen LogP contribution in [0.1, 0.15) is 11.1 Å². The summed E-state index contributed by atoms with van der Waals surface area (Å²) in [7, 11) is 1.17. The van der Waals surface area contributed by atoms with E-state index in [0.29, 0.717) is 23.1 Å². The second-order valence-corrected chi connectivity index (χ2v) is 7.27. The van der Waals surface area contributed by atoms with Crippen molar-refractivity contribution in [1.82, 2.24) is 4.90 Å². The number of hydrogen-bond acceptors (Lipinski definition) is 6. The Hall–Kier alpha value is -2.84. The molecule has 1 saturated heterocycles. The van der Waals surface area contributed by atoms with Crippen molar-refractivity contribution in [3.05, 3.63) is 69.3 Å². The number of rotatable bonds is 6. The van der Waals surface area contributed by atoms with Gasteiger partial charge in [-0.3, -0.25) is 19.3 Å². The largest absolute Gasteiger partial charge is 0.488 e. The molecule has 0 radical (unpaired) electrons. The standard InChI is InChI=1S/C20H15ClFNO5S/c1-27-18(24)10-23-19(25)17(29-20(23)26)9-12-5-2-3-8-16(12)28-11-13-14(21)6-4-7-15(13)22/h2-9H,10-11H2,1H3/b17-9-. The van der Waals surface area contributed by atoms with Gasteiger partial charge in [0, 0.05) is 11.1 Å². The molecular formula is C20H15ClFNO5S. The summed E-state index contributed by atoms with van der Waals surface area (Å²) < 4.78 is 24.2. The minimum absolute atomic E-state index is 0.111. The van der Waals surface area contributed by atoms with Gasteiger partial charge >= 0.3 is 5.97 Å². The first kappa shape index (κ1) is 20.9. The van der Waals surface area contributed by atoms with Crippen LogP contribution in [-0.4, -0.2) is 35.7 Å².